The number of ether oxygens (including phenoxy) is 2. The molecule has 0 atom stereocenters. The van der Waals surface area contributed by atoms with E-state index in [1.165, 1.54) is 14.2 Å². The molecular formula is C11H12BNO3. The molecule has 0 aliphatic rings. The molecule has 0 N–H and O–H groups in total. The van der Waals surface area contributed by atoms with Crippen LogP contribution >= 0.6 is 0 Å². The quantitative estimate of drug-likeness (QED) is 0.540. The summed E-state index contributed by atoms with van der Waals surface area (Å²) in [5, 5.41) is 8.68. The lowest BCUT2D eigenvalue weighted by Crippen LogP contribution is -2.23. The molecule has 0 radical (unpaired) electrons. The first-order chi connectivity index (χ1) is 7.63. The molecule has 4 nitrogen and oxygen atoms in total. The zero-order valence-corrected chi connectivity index (χ0v) is 9.53. The van der Waals surface area contributed by atoms with Crippen molar-refractivity contribution in [1.29, 1.82) is 5.26 Å². The first kappa shape index (κ1) is 12.1. The minimum Gasteiger partial charge on any atom is -0.496 e. The van der Waals surface area contributed by atoms with E-state index in [0.29, 0.717) is 16.8 Å². The van der Waals surface area contributed by atoms with Crippen molar-refractivity contribution in [3.05, 3.63) is 23.3 Å². The molecule has 1 aromatic carbocycles. The standard InChI is InChI=1S/C11H12BNO3/c1-7-4-9(12-6-13)8(11(14)16-3)5-10(7)15-2/h4-5,12H,1-3H3. The average Bonchev–Trinajstić information content (AvgIpc) is 2.29. The zero-order chi connectivity index (χ0) is 12.1. The third-order valence-corrected chi connectivity index (χ3v) is 2.30. The van der Waals surface area contributed by atoms with E-state index >= 15 is 0 Å². The number of carbonyl (C=O) groups excluding carboxylic acids is 1. The normalized spacial score (nSPS) is 9.12. The summed E-state index contributed by atoms with van der Waals surface area (Å²) in [5.41, 5.74) is 1.93. The van der Waals surface area contributed by atoms with Gasteiger partial charge >= 0.3 is 5.97 Å². The van der Waals surface area contributed by atoms with Crippen LogP contribution in [0.25, 0.3) is 0 Å². The molecule has 5 heteroatoms. The van der Waals surface area contributed by atoms with Crippen LogP contribution in [0.3, 0.4) is 0 Å². The molecule has 1 rings (SSSR count). The monoisotopic (exact) mass is 217 g/mol. The van der Waals surface area contributed by atoms with Crippen molar-refractivity contribution in [2.24, 2.45) is 0 Å². The lowest BCUT2D eigenvalue weighted by atomic mass is 9.69. The molecule has 0 aromatic heterocycles. The third kappa shape index (κ3) is 2.34. The second-order valence-electron chi connectivity index (χ2n) is 3.31. The van der Waals surface area contributed by atoms with Crippen LogP contribution in [0.1, 0.15) is 15.9 Å². The van der Waals surface area contributed by atoms with Gasteiger partial charge in [0.2, 0.25) is 0 Å². The number of hydrogen-bond acceptors (Lipinski definition) is 4. The molecule has 0 spiro atoms. The van der Waals surface area contributed by atoms with Crippen LogP contribution < -0.4 is 10.2 Å². The molecule has 0 heterocycles. The summed E-state index contributed by atoms with van der Waals surface area (Å²) in [6.07, 6.45) is 0. The van der Waals surface area contributed by atoms with Crippen molar-refractivity contribution in [2.75, 3.05) is 14.2 Å². The van der Waals surface area contributed by atoms with E-state index in [2.05, 4.69) is 4.74 Å². The number of benzene rings is 1. The average molecular weight is 217 g/mol. The van der Waals surface area contributed by atoms with Crippen LogP contribution in [0.15, 0.2) is 12.1 Å². The summed E-state index contributed by atoms with van der Waals surface area (Å²) < 4.78 is 9.78. The molecule has 16 heavy (non-hydrogen) atoms. The van der Waals surface area contributed by atoms with Crippen LogP contribution in [-0.2, 0) is 4.74 Å². The number of methoxy groups -OCH3 is 2. The highest BCUT2D eigenvalue weighted by Gasteiger charge is 2.15. The SMILES string of the molecule is COC(=O)c1cc(OC)c(C)cc1BC#N. The van der Waals surface area contributed by atoms with Crippen LogP contribution in [0.2, 0.25) is 0 Å². The highest BCUT2D eigenvalue weighted by Crippen LogP contribution is 2.18. The Labute approximate surface area is 95.0 Å². The second-order valence-corrected chi connectivity index (χ2v) is 3.31. The van der Waals surface area contributed by atoms with Crippen LogP contribution in [-0.4, -0.2) is 27.5 Å². The predicted molar refractivity (Wildman–Crippen MR) is 61.5 cm³/mol. The first-order valence-electron chi connectivity index (χ1n) is 4.76. The second kappa shape index (κ2) is 5.22. The number of aryl methyl sites for hydroxylation is 1. The molecule has 0 fully saturated rings. The van der Waals surface area contributed by atoms with E-state index in [1.54, 1.807) is 12.1 Å². The summed E-state index contributed by atoms with van der Waals surface area (Å²) in [5.74, 6) is 2.18. The minimum atomic E-state index is -0.455. The lowest BCUT2D eigenvalue weighted by Gasteiger charge is -2.10. The number of nitrogens with zero attached hydrogens (tertiary/aromatic N) is 1. The summed E-state index contributed by atoms with van der Waals surface area (Å²) in [6, 6.07) is 3.38. The molecule has 0 saturated heterocycles. The molecule has 0 aliphatic heterocycles. The number of carbonyl (C=O) groups is 1. The molecule has 0 amide bonds. The van der Waals surface area contributed by atoms with Crippen molar-refractivity contribution in [2.45, 2.75) is 6.92 Å². The topological polar surface area (TPSA) is 59.3 Å². The number of nitriles is 1. The number of hydrogen-bond donors (Lipinski definition) is 0. The smallest absolute Gasteiger partial charge is 0.337 e. The largest absolute Gasteiger partial charge is 0.496 e. The fourth-order valence-corrected chi connectivity index (χ4v) is 1.50. The van der Waals surface area contributed by atoms with Gasteiger partial charge in [0.1, 0.15) is 5.75 Å². The first-order valence-corrected chi connectivity index (χ1v) is 4.76. The summed E-state index contributed by atoms with van der Waals surface area (Å²) in [7, 11) is 3.02. The molecule has 0 unspecified atom stereocenters. The lowest BCUT2D eigenvalue weighted by molar-refractivity contribution is 0.0602. The zero-order valence-electron chi connectivity index (χ0n) is 9.53. The fourth-order valence-electron chi connectivity index (χ4n) is 1.50. The van der Waals surface area contributed by atoms with E-state index in [1.807, 2.05) is 12.9 Å². The maximum absolute atomic E-state index is 11.5. The van der Waals surface area contributed by atoms with Gasteiger partial charge in [-0.1, -0.05) is 11.5 Å². The maximum Gasteiger partial charge on any atom is 0.337 e. The van der Waals surface area contributed by atoms with E-state index in [9.17, 15) is 4.79 Å². The maximum atomic E-state index is 11.5. The van der Waals surface area contributed by atoms with E-state index in [-0.39, 0.29) is 7.28 Å². The highest BCUT2D eigenvalue weighted by molar-refractivity contribution is 6.62. The van der Waals surface area contributed by atoms with Crippen molar-refractivity contribution >= 4 is 18.7 Å². The van der Waals surface area contributed by atoms with E-state index in [0.717, 1.165) is 5.56 Å². The molecule has 1 aromatic rings. The Kier molecular flexibility index (Phi) is 3.95. The van der Waals surface area contributed by atoms with Gasteiger partial charge in [-0.25, -0.2) is 10.1 Å². The summed E-state index contributed by atoms with van der Waals surface area (Å²) in [4.78, 5) is 11.5. The van der Waals surface area contributed by atoms with Crippen molar-refractivity contribution < 1.29 is 14.3 Å². The molecular weight excluding hydrogens is 205 g/mol. The van der Waals surface area contributed by atoms with Gasteiger partial charge in [0, 0.05) is 5.97 Å². The van der Waals surface area contributed by atoms with E-state index < -0.39 is 5.97 Å². The number of esters is 1. The van der Waals surface area contributed by atoms with Gasteiger partial charge in [-0.2, -0.15) is 0 Å². The van der Waals surface area contributed by atoms with Gasteiger partial charge in [0.15, 0.2) is 0 Å². The Hall–Kier alpha value is -1.96. The summed E-state index contributed by atoms with van der Waals surface area (Å²) >= 11 is 0. The molecule has 0 bridgehead atoms. The Morgan fingerprint density at radius 3 is 2.62 bits per heavy atom. The Morgan fingerprint density at radius 1 is 1.44 bits per heavy atom. The van der Waals surface area contributed by atoms with Crippen molar-refractivity contribution in [3.8, 4) is 11.7 Å². The summed E-state index contributed by atoms with van der Waals surface area (Å²) in [6.45, 7) is 1.86. The minimum absolute atomic E-state index is 0.176. The molecule has 0 aliphatic carbocycles. The Bertz CT molecular complexity index is 451. The van der Waals surface area contributed by atoms with Gasteiger partial charge in [0.25, 0.3) is 7.28 Å². The van der Waals surface area contributed by atoms with Crippen LogP contribution in [0.5, 0.6) is 5.75 Å². The van der Waals surface area contributed by atoms with E-state index in [4.69, 9.17) is 10.00 Å². The van der Waals surface area contributed by atoms with Crippen molar-refractivity contribution in [3.63, 3.8) is 0 Å². The van der Waals surface area contributed by atoms with Gasteiger partial charge < -0.3 is 9.47 Å². The number of rotatable bonds is 3. The van der Waals surface area contributed by atoms with Crippen LogP contribution in [0, 0.1) is 18.2 Å². The predicted octanol–water partition coefficient (Wildman–Crippen LogP) is 0.333. The Morgan fingerprint density at radius 2 is 2.12 bits per heavy atom. The fraction of sp³-hybridized carbons (Fsp3) is 0.273. The highest BCUT2D eigenvalue weighted by atomic mass is 16.5. The molecule has 0 saturated carbocycles. The van der Waals surface area contributed by atoms with Gasteiger partial charge in [-0.05, 0) is 18.6 Å². The third-order valence-electron chi connectivity index (χ3n) is 2.30. The van der Waals surface area contributed by atoms with Gasteiger partial charge in [-0.15, -0.1) is 0 Å². The van der Waals surface area contributed by atoms with Gasteiger partial charge in [-0.3, -0.25) is 0 Å². The Balaban J connectivity index is 3.31. The van der Waals surface area contributed by atoms with Crippen molar-refractivity contribution in [1.82, 2.24) is 0 Å². The molecule has 82 valence electrons. The van der Waals surface area contributed by atoms with Gasteiger partial charge in [0.05, 0.1) is 19.8 Å². The van der Waals surface area contributed by atoms with Crippen LogP contribution in [0.4, 0.5) is 0 Å².